The second-order valence-electron chi connectivity index (χ2n) is 7.41. The number of nitrogens with one attached hydrogen (secondary N) is 2. The van der Waals surface area contributed by atoms with Crippen molar-refractivity contribution in [1.29, 1.82) is 0 Å². The minimum absolute atomic E-state index is 0.194. The monoisotopic (exact) mass is 456 g/mol. The number of nitrogens with two attached hydrogens (primary N) is 1. The zero-order valence-electron chi connectivity index (χ0n) is 18.0. The molecule has 0 unspecified atom stereocenters. The van der Waals surface area contributed by atoms with Gasteiger partial charge in [0.2, 0.25) is 17.8 Å². The molecule has 0 aliphatic heterocycles. The zero-order valence-corrected chi connectivity index (χ0v) is 18.8. The van der Waals surface area contributed by atoms with Crippen LogP contribution in [0.4, 0.5) is 22.0 Å². The van der Waals surface area contributed by atoms with Gasteiger partial charge in [0, 0.05) is 10.6 Å². The SMILES string of the molecule is COc1ccc(Sc2nc(Nc3cccc(F)c3)nc(N[C@@H](CC(C)C)C(N)=O)n2)cc1. The normalized spacial score (nSPS) is 11.8. The van der Waals surface area contributed by atoms with Crippen LogP contribution in [0.3, 0.4) is 0 Å². The zero-order chi connectivity index (χ0) is 23.1. The molecule has 0 aliphatic rings. The van der Waals surface area contributed by atoms with Gasteiger partial charge < -0.3 is 21.1 Å². The van der Waals surface area contributed by atoms with Crippen molar-refractivity contribution >= 4 is 35.3 Å². The maximum absolute atomic E-state index is 13.6. The summed E-state index contributed by atoms with van der Waals surface area (Å²) in [6.45, 7) is 3.99. The average Bonchev–Trinajstić information content (AvgIpc) is 2.73. The molecular formula is C22H25FN6O2S. The van der Waals surface area contributed by atoms with Gasteiger partial charge in [-0.15, -0.1) is 0 Å². The number of ether oxygens (including phenoxy) is 1. The number of nitrogens with zero attached hydrogens (tertiary/aromatic N) is 3. The van der Waals surface area contributed by atoms with Crippen LogP contribution in [0.2, 0.25) is 0 Å². The number of primary amides is 1. The highest BCUT2D eigenvalue weighted by molar-refractivity contribution is 7.99. The largest absolute Gasteiger partial charge is 0.497 e. The number of halogens is 1. The van der Waals surface area contributed by atoms with Gasteiger partial charge in [0.05, 0.1) is 7.11 Å². The third-order valence-electron chi connectivity index (χ3n) is 4.32. The number of hydrogen-bond acceptors (Lipinski definition) is 8. The van der Waals surface area contributed by atoms with Crippen molar-refractivity contribution in [3.05, 3.63) is 54.3 Å². The van der Waals surface area contributed by atoms with Gasteiger partial charge in [-0.05, 0) is 66.6 Å². The molecule has 2 aromatic carbocycles. The van der Waals surface area contributed by atoms with Crippen molar-refractivity contribution in [2.75, 3.05) is 17.7 Å². The first kappa shape index (κ1) is 23.3. The van der Waals surface area contributed by atoms with E-state index in [4.69, 9.17) is 10.5 Å². The highest BCUT2D eigenvalue weighted by Gasteiger charge is 2.19. The predicted molar refractivity (Wildman–Crippen MR) is 123 cm³/mol. The maximum atomic E-state index is 13.6. The topological polar surface area (TPSA) is 115 Å². The van der Waals surface area contributed by atoms with Gasteiger partial charge in [-0.2, -0.15) is 15.0 Å². The predicted octanol–water partition coefficient (Wildman–Crippen LogP) is 4.23. The van der Waals surface area contributed by atoms with Gasteiger partial charge in [0.25, 0.3) is 0 Å². The number of rotatable bonds is 10. The van der Waals surface area contributed by atoms with Crippen molar-refractivity contribution in [1.82, 2.24) is 15.0 Å². The molecule has 0 aliphatic carbocycles. The van der Waals surface area contributed by atoms with Crippen LogP contribution >= 0.6 is 11.8 Å². The quantitative estimate of drug-likeness (QED) is 0.415. The third-order valence-corrected chi connectivity index (χ3v) is 5.19. The minimum Gasteiger partial charge on any atom is -0.497 e. The summed E-state index contributed by atoms with van der Waals surface area (Å²) in [6.07, 6.45) is 0.522. The van der Waals surface area contributed by atoms with E-state index < -0.39 is 11.9 Å². The molecule has 1 aromatic heterocycles. The van der Waals surface area contributed by atoms with Crippen molar-refractivity contribution in [2.45, 2.75) is 36.4 Å². The molecule has 0 radical (unpaired) electrons. The van der Waals surface area contributed by atoms with Gasteiger partial charge in [-0.25, -0.2) is 4.39 Å². The number of benzene rings is 2. The van der Waals surface area contributed by atoms with E-state index in [0.29, 0.717) is 17.3 Å². The van der Waals surface area contributed by atoms with E-state index in [1.807, 2.05) is 38.1 Å². The molecule has 1 heterocycles. The van der Waals surface area contributed by atoms with Crippen LogP contribution < -0.4 is 21.1 Å². The number of carbonyl (C=O) groups excluding carboxylic acids is 1. The molecule has 3 rings (SSSR count). The molecule has 10 heteroatoms. The highest BCUT2D eigenvalue weighted by atomic mass is 32.2. The van der Waals surface area contributed by atoms with Crippen molar-refractivity contribution in [3.63, 3.8) is 0 Å². The molecule has 168 valence electrons. The van der Waals surface area contributed by atoms with Crippen LogP contribution in [-0.4, -0.2) is 34.0 Å². The standard InChI is InChI=1S/C22H25FN6O2S/c1-13(2)11-18(19(24)30)26-21-27-20(25-15-6-4-5-14(23)12-15)28-22(29-21)32-17-9-7-16(31-3)8-10-17/h4-10,12-13,18H,11H2,1-3H3,(H2,24,30)(H2,25,26,27,28,29)/t18-/m0/s1. The van der Waals surface area contributed by atoms with Gasteiger partial charge in [-0.1, -0.05) is 19.9 Å². The number of aromatic nitrogens is 3. The lowest BCUT2D eigenvalue weighted by molar-refractivity contribution is -0.119. The molecule has 3 aromatic rings. The first-order chi connectivity index (χ1) is 15.3. The number of methoxy groups -OCH3 is 1. The maximum Gasteiger partial charge on any atom is 0.240 e. The van der Waals surface area contributed by atoms with E-state index in [1.165, 1.54) is 23.9 Å². The number of anilines is 3. The average molecular weight is 457 g/mol. The van der Waals surface area contributed by atoms with Gasteiger partial charge in [0.1, 0.15) is 17.6 Å². The molecule has 0 saturated carbocycles. The first-order valence-electron chi connectivity index (χ1n) is 9.99. The van der Waals surface area contributed by atoms with E-state index in [-0.39, 0.29) is 23.6 Å². The van der Waals surface area contributed by atoms with Crippen molar-refractivity contribution < 1.29 is 13.9 Å². The summed E-state index contributed by atoms with van der Waals surface area (Å²) in [5.41, 5.74) is 6.04. The van der Waals surface area contributed by atoms with Crippen molar-refractivity contribution in [2.24, 2.45) is 11.7 Å². The summed E-state index contributed by atoms with van der Waals surface area (Å²) in [5.74, 6) is 0.485. The lowest BCUT2D eigenvalue weighted by Crippen LogP contribution is -2.37. The Morgan fingerprint density at radius 1 is 1.12 bits per heavy atom. The highest BCUT2D eigenvalue weighted by Crippen LogP contribution is 2.28. The van der Waals surface area contributed by atoms with Crippen LogP contribution in [0, 0.1) is 11.7 Å². The molecule has 0 saturated heterocycles. The number of carbonyl (C=O) groups is 1. The Morgan fingerprint density at radius 2 is 1.84 bits per heavy atom. The Balaban J connectivity index is 1.91. The molecule has 1 amide bonds. The summed E-state index contributed by atoms with van der Waals surface area (Å²) in [7, 11) is 1.60. The first-order valence-corrected chi connectivity index (χ1v) is 10.8. The lowest BCUT2D eigenvalue weighted by atomic mass is 10.0. The van der Waals surface area contributed by atoms with Gasteiger partial charge >= 0.3 is 0 Å². The summed E-state index contributed by atoms with van der Waals surface area (Å²) in [5, 5.41) is 6.38. The van der Waals surface area contributed by atoms with Crippen LogP contribution in [-0.2, 0) is 4.79 Å². The van der Waals surface area contributed by atoms with E-state index >= 15 is 0 Å². The van der Waals surface area contributed by atoms with E-state index in [9.17, 15) is 9.18 Å². The Morgan fingerprint density at radius 3 is 2.47 bits per heavy atom. The second kappa shape index (κ2) is 10.8. The Bertz CT molecular complexity index is 1060. The third kappa shape index (κ3) is 6.81. The van der Waals surface area contributed by atoms with E-state index in [1.54, 1.807) is 19.2 Å². The molecule has 8 nitrogen and oxygen atoms in total. The van der Waals surface area contributed by atoms with Gasteiger partial charge in [-0.3, -0.25) is 4.79 Å². The minimum atomic E-state index is -0.641. The van der Waals surface area contributed by atoms with Crippen LogP contribution in [0.1, 0.15) is 20.3 Å². The molecular weight excluding hydrogens is 431 g/mol. The van der Waals surface area contributed by atoms with Gasteiger partial charge in [0.15, 0.2) is 5.16 Å². The second-order valence-corrected chi connectivity index (χ2v) is 8.45. The lowest BCUT2D eigenvalue weighted by Gasteiger charge is -2.18. The van der Waals surface area contributed by atoms with Crippen LogP contribution in [0.15, 0.2) is 58.6 Å². The van der Waals surface area contributed by atoms with Crippen LogP contribution in [0.25, 0.3) is 0 Å². The molecule has 4 N–H and O–H groups in total. The van der Waals surface area contributed by atoms with E-state index in [0.717, 1.165) is 10.6 Å². The Hall–Kier alpha value is -3.40. The number of hydrogen-bond donors (Lipinski definition) is 3. The number of amides is 1. The summed E-state index contributed by atoms with van der Waals surface area (Å²) in [4.78, 5) is 26.0. The molecule has 0 spiro atoms. The molecule has 0 bridgehead atoms. The summed E-state index contributed by atoms with van der Waals surface area (Å²) in [6, 6.07) is 12.7. The summed E-state index contributed by atoms with van der Waals surface area (Å²) < 4.78 is 18.8. The fourth-order valence-electron chi connectivity index (χ4n) is 2.84. The van der Waals surface area contributed by atoms with E-state index in [2.05, 4.69) is 25.6 Å². The molecule has 32 heavy (non-hydrogen) atoms. The molecule has 1 atom stereocenters. The fraction of sp³-hybridized carbons (Fsp3) is 0.273. The van der Waals surface area contributed by atoms with Crippen LogP contribution in [0.5, 0.6) is 5.75 Å². The smallest absolute Gasteiger partial charge is 0.240 e. The fourth-order valence-corrected chi connectivity index (χ4v) is 3.59. The summed E-state index contributed by atoms with van der Waals surface area (Å²) >= 11 is 1.31. The molecule has 0 fully saturated rings. The Labute approximate surface area is 190 Å². The Kier molecular flexibility index (Phi) is 7.82. The van der Waals surface area contributed by atoms with Crippen molar-refractivity contribution in [3.8, 4) is 5.75 Å².